The average molecular weight is 341 g/mol. The summed E-state index contributed by atoms with van der Waals surface area (Å²) in [6.07, 6.45) is 0.545. The van der Waals surface area contributed by atoms with Crippen molar-refractivity contribution in [1.82, 2.24) is 15.1 Å². The van der Waals surface area contributed by atoms with Crippen molar-refractivity contribution < 1.29 is 14.3 Å². The molecule has 0 radical (unpaired) electrons. The largest absolute Gasteiger partial charge is 0.387 e. The van der Waals surface area contributed by atoms with Crippen LogP contribution >= 0.6 is 11.6 Å². The summed E-state index contributed by atoms with van der Waals surface area (Å²) in [7, 11) is 0. The first-order chi connectivity index (χ1) is 10.9. The van der Waals surface area contributed by atoms with Gasteiger partial charge in [0.1, 0.15) is 11.6 Å². The summed E-state index contributed by atoms with van der Waals surface area (Å²) in [5.41, 5.74) is 0.333. The summed E-state index contributed by atoms with van der Waals surface area (Å²) in [5, 5.41) is 19.2. The van der Waals surface area contributed by atoms with Crippen LogP contribution in [0.3, 0.4) is 0 Å². The van der Waals surface area contributed by atoms with Crippen molar-refractivity contribution in [2.75, 3.05) is 11.9 Å². The van der Waals surface area contributed by atoms with Gasteiger partial charge in [-0.15, -0.1) is 0 Å². The maximum atomic E-state index is 13.4. The molecule has 0 aliphatic carbocycles. The Labute approximate surface area is 138 Å². The Kier molecular flexibility index (Phi) is 5.57. The van der Waals surface area contributed by atoms with Crippen LogP contribution < -0.4 is 10.6 Å². The molecule has 0 bridgehead atoms. The molecule has 0 aliphatic rings. The highest BCUT2D eigenvalue weighted by Gasteiger charge is 2.13. The third kappa shape index (κ3) is 4.43. The number of hydrogen-bond donors (Lipinski definition) is 3. The van der Waals surface area contributed by atoms with Crippen molar-refractivity contribution >= 4 is 23.4 Å². The minimum absolute atomic E-state index is 0.0198. The molecule has 0 spiro atoms. The second kappa shape index (κ2) is 7.43. The number of halogens is 2. The molecule has 1 atom stereocenters. The van der Waals surface area contributed by atoms with Crippen molar-refractivity contribution in [3.63, 3.8) is 0 Å². The van der Waals surface area contributed by atoms with E-state index in [0.717, 1.165) is 6.07 Å². The summed E-state index contributed by atoms with van der Waals surface area (Å²) in [5.74, 6) is -0.0713. The molecule has 0 saturated carbocycles. The summed E-state index contributed by atoms with van der Waals surface area (Å²) in [4.78, 5) is 11.9. The van der Waals surface area contributed by atoms with Gasteiger partial charge in [-0.25, -0.2) is 13.9 Å². The van der Waals surface area contributed by atoms with E-state index < -0.39 is 18.0 Å². The normalized spacial score (nSPS) is 12.3. The lowest BCUT2D eigenvalue weighted by atomic mass is 10.1. The summed E-state index contributed by atoms with van der Waals surface area (Å²) < 4.78 is 15.0. The summed E-state index contributed by atoms with van der Waals surface area (Å²) in [6.45, 7) is 3.81. The van der Waals surface area contributed by atoms with Crippen LogP contribution in [-0.2, 0) is 0 Å². The number of benzene rings is 1. The number of hydrogen-bond acceptors (Lipinski definition) is 3. The number of amides is 2. The van der Waals surface area contributed by atoms with Crippen LogP contribution in [0, 0.1) is 5.82 Å². The lowest BCUT2D eigenvalue weighted by molar-refractivity contribution is 0.174. The predicted octanol–water partition coefficient (Wildman–Crippen LogP) is 3.11. The van der Waals surface area contributed by atoms with Gasteiger partial charge in [0.05, 0.1) is 17.3 Å². The zero-order chi connectivity index (χ0) is 17.0. The van der Waals surface area contributed by atoms with E-state index in [2.05, 4.69) is 15.7 Å². The number of aliphatic hydroxyl groups is 1. The molecular formula is C15H18ClFN4O2. The lowest BCUT2D eigenvalue weighted by Gasteiger charge is -2.15. The van der Waals surface area contributed by atoms with Crippen LogP contribution in [0.5, 0.6) is 0 Å². The maximum absolute atomic E-state index is 13.4. The third-order valence-corrected chi connectivity index (χ3v) is 3.49. The van der Waals surface area contributed by atoms with Gasteiger partial charge in [0.2, 0.25) is 0 Å². The highest BCUT2D eigenvalue weighted by molar-refractivity contribution is 6.30. The van der Waals surface area contributed by atoms with Gasteiger partial charge in [0, 0.05) is 18.7 Å². The zero-order valence-electron chi connectivity index (χ0n) is 12.8. The van der Waals surface area contributed by atoms with Gasteiger partial charge in [0.15, 0.2) is 0 Å². The topological polar surface area (TPSA) is 79.2 Å². The first-order valence-electron chi connectivity index (χ1n) is 7.10. The van der Waals surface area contributed by atoms with Crippen LogP contribution in [0.25, 0.3) is 0 Å². The fourth-order valence-electron chi connectivity index (χ4n) is 2.01. The van der Waals surface area contributed by atoms with E-state index in [1.54, 1.807) is 16.9 Å². The Morgan fingerprint density at radius 2 is 2.17 bits per heavy atom. The zero-order valence-corrected chi connectivity index (χ0v) is 13.5. The Balaban J connectivity index is 1.91. The van der Waals surface area contributed by atoms with Gasteiger partial charge in [-0.3, -0.25) is 5.32 Å². The molecule has 0 fully saturated rings. The monoisotopic (exact) mass is 340 g/mol. The van der Waals surface area contributed by atoms with E-state index >= 15 is 0 Å². The van der Waals surface area contributed by atoms with Crippen molar-refractivity contribution in [3.8, 4) is 0 Å². The Morgan fingerprint density at radius 1 is 1.43 bits per heavy atom. The van der Waals surface area contributed by atoms with Gasteiger partial charge in [-0.1, -0.05) is 17.7 Å². The minimum atomic E-state index is -1.04. The van der Waals surface area contributed by atoms with E-state index in [0.29, 0.717) is 11.4 Å². The number of rotatable bonds is 5. The molecule has 1 heterocycles. The van der Waals surface area contributed by atoms with Gasteiger partial charge >= 0.3 is 6.03 Å². The second-order valence-corrected chi connectivity index (χ2v) is 5.69. The molecule has 23 heavy (non-hydrogen) atoms. The molecule has 2 amide bonds. The van der Waals surface area contributed by atoms with Gasteiger partial charge in [-0.2, -0.15) is 5.10 Å². The summed E-state index contributed by atoms with van der Waals surface area (Å²) in [6, 6.07) is 5.29. The average Bonchev–Trinajstić information content (AvgIpc) is 2.96. The molecule has 2 aromatic rings. The molecule has 6 nitrogen and oxygen atoms in total. The van der Waals surface area contributed by atoms with Crippen LogP contribution in [0.4, 0.5) is 15.0 Å². The first kappa shape index (κ1) is 17.2. The number of urea groups is 1. The number of nitrogens with zero attached hydrogens (tertiary/aromatic N) is 2. The number of carbonyl (C=O) groups is 1. The molecule has 0 aliphatic heterocycles. The maximum Gasteiger partial charge on any atom is 0.320 e. The van der Waals surface area contributed by atoms with E-state index in [9.17, 15) is 14.3 Å². The molecule has 0 saturated heterocycles. The van der Waals surface area contributed by atoms with Crippen LogP contribution in [0.15, 0.2) is 30.5 Å². The van der Waals surface area contributed by atoms with Crippen molar-refractivity contribution in [3.05, 3.63) is 46.9 Å². The third-order valence-electron chi connectivity index (χ3n) is 3.19. The smallest absolute Gasteiger partial charge is 0.320 e. The van der Waals surface area contributed by atoms with Crippen molar-refractivity contribution in [2.45, 2.75) is 26.0 Å². The highest BCUT2D eigenvalue weighted by atomic mass is 35.5. The summed E-state index contributed by atoms with van der Waals surface area (Å²) >= 11 is 5.59. The minimum Gasteiger partial charge on any atom is -0.387 e. The Morgan fingerprint density at radius 3 is 2.83 bits per heavy atom. The molecule has 3 N–H and O–H groups in total. The van der Waals surface area contributed by atoms with Gasteiger partial charge in [0.25, 0.3) is 0 Å². The van der Waals surface area contributed by atoms with E-state index in [4.69, 9.17) is 11.6 Å². The number of anilines is 1. The number of carbonyl (C=O) groups excluding carboxylic acids is 1. The molecule has 1 aromatic carbocycles. The second-order valence-electron chi connectivity index (χ2n) is 5.28. The van der Waals surface area contributed by atoms with Crippen molar-refractivity contribution in [2.24, 2.45) is 0 Å². The van der Waals surface area contributed by atoms with E-state index in [1.807, 2.05) is 13.8 Å². The van der Waals surface area contributed by atoms with Crippen LogP contribution in [0.1, 0.15) is 31.6 Å². The fraction of sp³-hybridized carbons (Fsp3) is 0.333. The van der Waals surface area contributed by atoms with E-state index in [1.165, 1.54) is 12.1 Å². The van der Waals surface area contributed by atoms with Gasteiger partial charge in [-0.05, 0) is 31.5 Å². The fourth-order valence-corrected chi connectivity index (χ4v) is 2.13. The van der Waals surface area contributed by atoms with Crippen molar-refractivity contribution in [1.29, 1.82) is 0 Å². The molecule has 124 valence electrons. The molecular weight excluding hydrogens is 323 g/mol. The van der Waals surface area contributed by atoms with Gasteiger partial charge < -0.3 is 10.4 Å². The Bertz CT molecular complexity index is 690. The molecule has 1 aromatic heterocycles. The Hall–Kier alpha value is -2.12. The SMILES string of the molecule is CC(C)n1nccc1NC(=O)NC[C@@H](O)c1ccc(Cl)c(F)c1. The van der Waals surface area contributed by atoms with Crippen LogP contribution in [-0.4, -0.2) is 27.5 Å². The standard InChI is InChI=1S/C15H18ClFN4O2/c1-9(2)21-14(5-6-19-21)20-15(23)18-8-13(22)10-3-4-11(16)12(17)7-10/h3-7,9,13,22H,8H2,1-2H3,(H2,18,20,23)/t13-/m1/s1. The highest BCUT2D eigenvalue weighted by Crippen LogP contribution is 2.20. The predicted molar refractivity (Wildman–Crippen MR) is 86.0 cm³/mol. The quantitative estimate of drug-likeness (QED) is 0.782. The van der Waals surface area contributed by atoms with E-state index in [-0.39, 0.29) is 17.6 Å². The number of nitrogens with one attached hydrogen (secondary N) is 2. The van der Waals surface area contributed by atoms with Crippen LogP contribution in [0.2, 0.25) is 5.02 Å². The molecule has 8 heteroatoms. The molecule has 2 rings (SSSR count). The molecule has 0 unspecified atom stereocenters. The lowest BCUT2D eigenvalue weighted by Crippen LogP contribution is -2.33. The number of aromatic nitrogens is 2. The first-order valence-corrected chi connectivity index (χ1v) is 7.47. The number of aliphatic hydroxyl groups excluding tert-OH is 1.